The van der Waals surface area contributed by atoms with Crippen LogP contribution in [-0.4, -0.2) is 21.3 Å². The van der Waals surface area contributed by atoms with Gasteiger partial charge in [0.15, 0.2) is 0 Å². The van der Waals surface area contributed by atoms with Gasteiger partial charge in [-0.05, 0) is 32.0 Å². The number of thiocyanates is 1. The molecule has 1 atom stereocenters. The highest BCUT2D eigenvalue weighted by Gasteiger charge is 2.28. The van der Waals surface area contributed by atoms with E-state index in [9.17, 15) is 0 Å². The van der Waals surface area contributed by atoms with E-state index in [2.05, 4.69) is 26.2 Å². The van der Waals surface area contributed by atoms with Crippen molar-refractivity contribution in [3.63, 3.8) is 0 Å². The molecule has 0 N–H and O–H groups in total. The van der Waals surface area contributed by atoms with Crippen molar-refractivity contribution >= 4 is 22.2 Å². The molecule has 0 aliphatic rings. The molecular weight excluding hydrogens is 246 g/mol. The molecule has 0 radical (unpaired) electrons. The topological polar surface area (TPSA) is 33.0 Å². The summed E-state index contributed by atoms with van der Waals surface area (Å²) in [5, 5.41) is 11.4. The summed E-state index contributed by atoms with van der Waals surface area (Å²) in [6, 6.07) is 0. The quantitative estimate of drug-likeness (QED) is 0.347. The van der Waals surface area contributed by atoms with E-state index in [1.807, 2.05) is 0 Å². The van der Waals surface area contributed by atoms with E-state index in [-0.39, 0.29) is 5.60 Å². The van der Waals surface area contributed by atoms with Crippen molar-refractivity contribution in [3.05, 3.63) is 0 Å². The summed E-state index contributed by atoms with van der Waals surface area (Å²) >= 11 is 1.38. The predicted octanol–water partition coefficient (Wildman–Crippen LogP) is 3.40. The fraction of sp³-hybridized carbons (Fsp3) is 0.923. The molecule has 2 nitrogen and oxygen atoms in total. The normalized spacial score (nSPS) is 13.5. The Bertz CT molecular complexity index is 228. The molecular formula is C13H27NOSSi. The van der Waals surface area contributed by atoms with Crippen molar-refractivity contribution < 1.29 is 4.43 Å². The summed E-state index contributed by atoms with van der Waals surface area (Å²) in [5.41, 5.74) is -0.143. The zero-order valence-corrected chi connectivity index (χ0v) is 14.6. The third-order valence-electron chi connectivity index (χ3n) is 3.32. The molecule has 0 amide bonds. The number of rotatable bonds is 10. The number of nitriles is 1. The average Bonchev–Trinajstić information content (AvgIpc) is 2.32. The van der Waals surface area contributed by atoms with Crippen LogP contribution in [0.1, 0.15) is 65.7 Å². The van der Waals surface area contributed by atoms with Gasteiger partial charge in [-0.3, -0.25) is 0 Å². The first kappa shape index (κ1) is 17.0. The molecule has 0 aliphatic heterocycles. The number of hydrogen-bond donors (Lipinski definition) is 0. The van der Waals surface area contributed by atoms with Gasteiger partial charge < -0.3 is 4.43 Å². The van der Waals surface area contributed by atoms with Gasteiger partial charge in [0, 0.05) is 5.25 Å². The smallest absolute Gasteiger partial charge is 0.146 e. The Morgan fingerprint density at radius 3 is 2.35 bits per heavy atom. The maximum atomic E-state index is 8.84. The van der Waals surface area contributed by atoms with E-state index in [1.165, 1.54) is 50.3 Å². The van der Waals surface area contributed by atoms with E-state index < -0.39 is 0 Å². The molecule has 0 fully saturated rings. The van der Waals surface area contributed by atoms with Gasteiger partial charge in [-0.1, -0.05) is 45.4 Å². The second kappa shape index (κ2) is 9.99. The van der Waals surface area contributed by atoms with Crippen LogP contribution in [-0.2, 0) is 4.43 Å². The number of unbranched alkanes of at least 4 members (excludes halogenated alkanes) is 5. The zero-order valence-electron chi connectivity index (χ0n) is 11.8. The van der Waals surface area contributed by atoms with E-state index in [4.69, 9.17) is 9.69 Å². The lowest BCUT2D eigenvalue weighted by Gasteiger charge is -2.31. The summed E-state index contributed by atoms with van der Waals surface area (Å²) < 4.78 is 5.61. The standard InChI is InChI=1S/C13H27NOSSi/c1-4-5-6-7-8-9-10-12(16-11-14)13(2,3)15-17/h12H,4-10H2,1-3,17H3. The highest BCUT2D eigenvalue weighted by Crippen LogP contribution is 2.29. The van der Waals surface area contributed by atoms with Crippen LogP contribution in [0, 0.1) is 10.7 Å². The van der Waals surface area contributed by atoms with Crippen molar-refractivity contribution in [1.82, 2.24) is 0 Å². The van der Waals surface area contributed by atoms with E-state index in [0.29, 0.717) is 5.25 Å². The fourth-order valence-electron chi connectivity index (χ4n) is 1.85. The van der Waals surface area contributed by atoms with Crippen LogP contribution in [0.25, 0.3) is 0 Å². The molecule has 0 saturated heterocycles. The minimum Gasteiger partial charge on any atom is -0.422 e. The maximum absolute atomic E-state index is 8.84. The number of hydrogen-bond acceptors (Lipinski definition) is 3. The lowest BCUT2D eigenvalue weighted by molar-refractivity contribution is 0.116. The van der Waals surface area contributed by atoms with Gasteiger partial charge >= 0.3 is 0 Å². The average molecular weight is 274 g/mol. The van der Waals surface area contributed by atoms with Crippen LogP contribution in [0.15, 0.2) is 0 Å². The van der Waals surface area contributed by atoms with Gasteiger partial charge in [0.25, 0.3) is 0 Å². The third-order valence-corrected chi connectivity index (χ3v) is 5.56. The molecule has 0 saturated carbocycles. The molecule has 0 heterocycles. The second-order valence-electron chi connectivity index (χ2n) is 5.06. The molecule has 0 aromatic carbocycles. The van der Waals surface area contributed by atoms with Gasteiger partial charge in [-0.15, -0.1) is 0 Å². The van der Waals surface area contributed by atoms with Crippen molar-refractivity contribution in [2.45, 2.75) is 76.6 Å². The Labute approximate surface area is 114 Å². The summed E-state index contributed by atoms with van der Waals surface area (Å²) in [6.45, 7) is 6.45. The molecule has 4 heteroatoms. The summed E-state index contributed by atoms with van der Waals surface area (Å²) in [5.74, 6) is 0. The van der Waals surface area contributed by atoms with Gasteiger partial charge in [-0.25, -0.2) is 0 Å². The number of thioether (sulfide) groups is 1. The van der Waals surface area contributed by atoms with Crippen LogP contribution in [0.4, 0.5) is 0 Å². The molecule has 0 aromatic heterocycles. The van der Waals surface area contributed by atoms with E-state index in [0.717, 1.165) is 16.9 Å². The SMILES string of the molecule is CCCCCCCCC(SC#N)C(C)(C)O[SiH3]. The Kier molecular flexibility index (Phi) is 10.00. The lowest BCUT2D eigenvalue weighted by atomic mass is 9.99. The maximum Gasteiger partial charge on any atom is 0.146 e. The largest absolute Gasteiger partial charge is 0.422 e. The second-order valence-corrected chi connectivity index (χ2v) is 6.46. The first-order valence-electron chi connectivity index (χ1n) is 6.68. The van der Waals surface area contributed by atoms with Crippen LogP contribution in [0.5, 0.6) is 0 Å². The van der Waals surface area contributed by atoms with Gasteiger partial charge in [0.1, 0.15) is 15.9 Å². The highest BCUT2D eigenvalue weighted by atomic mass is 32.2. The van der Waals surface area contributed by atoms with Crippen molar-refractivity contribution in [2.75, 3.05) is 0 Å². The van der Waals surface area contributed by atoms with Crippen LogP contribution >= 0.6 is 11.8 Å². The molecule has 100 valence electrons. The first-order valence-corrected chi connectivity index (χ1v) is 8.38. The van der Waals surface area contributed by atoms with Crippen molar-refractivity contribution in [2.24, 2.45) is 0 Å². The predicted molar refractivity (Wildman–Crippen MR) is 80.1 cm³/mol. The Morgan fingerprint density at radius 1 is 1.24 bits per heavy atom. The van der Waals surface area contributed by atoms with Gasteiger partial charge in [0.05, 0.1) is 5.60 Å². The monoisotopic (exact) mass is 273 g/mol. The summed E-state index contributed by atoms with van der Waals surface area (Å²) in [6.07, 6.45) is 8.95. The molecule has 0 rings (SSSR count). The van der Waals surface area contributed by atoms with Gasteiger partial charge in [0.2, 0.25) is 0 Å². The lowest BCUT2D eigenvalue weighted by Crippen LogP contribution is -2.36. The summed E-state index contributed by atoms with van der Waals surface area (Å²) in [4.78, 5) is 0. The Morgan fingerprint density at radius 2 is 1.82 bits per heavy atom. The first-order chi connectivity index (χ1) is 8.08. The molecule has 17 heavy (non-hydrogen) atoms. The van der Waals surface area contributed by atoms with Crippen LogP contribution in [0.3, 0.4) is 0 Å². The van der Waals surface area contributed by atoms with Crippen LogP contribution in [0.2, 0.25) is 0 Å². The van der Waals surface area contributed by atoms with Crippen molar-refractivity contribution in [3.8, 4) is 5.40 Å². The minimum absolute atomic E-state index is 0.143. The van der Waals surface area contributed by atoms with Crippen LogP contribution < -0.4 is 0 Å². The molecule has 0 bridgehead atoms. The molecule has 1 unspecified atom stereocenters. The third kappa shape index (κ3) is 7.85. The number of nitrogens with zero attached hydrogens (tertiary/aromatic N) is 1. The molecule has 0 spiro atoms. The minimum atomic E-state index is -0.143. The van der Waals surface area contributed by atoms with E-state index in [1.54, 1.807) is 0 Å². The zero-order chi connectivity index (χ0) is 13.1. The highest BCUT2D eigenvalue weighted by molar-refractivity contribution is 8.04. The Hall–Kier alpha value is 0.0169. The summed E-state index contributed by atoms with van der Waals surface area (Å²) in [7, 11) is 0.740. The molecule has 0 aliphatic carbocycles. The molecule has 0 aromatic rings. The fourth-order valence-corrected chi connectivity index (χ4v) is 3.10. The van der Waals surface area contributed by atoms with Crippen molar-refractivity contribution in [1.29, 1.82) is 5.26 Å². The Balaban J connectivity index is 3.83. The van der Waals surface area contributed by atoms with E-state index >= 15 is 0 Å². The van der Waals surface area contributed by atoms with Gasteiger partial charge in [-0.2, -0.15) is 5.26 Å².